The standard InChI is InChI=1S/C19H25ClN4O2/c1-14(2)18-17(13-22-24(18)16-5-3-4-15(20)12-16)19(25)21-6-7-23-8-10-26-11-9-23/h3-5,12-14H,6-11H2,1-2H3,(H,21,25). The smallest absolute Gasteiger partial charge is 0.254 e. The third-order valence-corrected chi connectivity index (χ3v) is 4.70. The molecule has 0 spiro atoms. The van der Waals surface area contributed by atoms with Gasteiger partial charge >= 0.3 is 0 Å². The summed E-state index contributed by atoms with van der Waals surface area (Å²) in [4.78, 5) is 15.0. The number of morpholine rings is 1. The summed E-state index contributed by atoms with van der Waals surface area (Å²) < 4.78 is 7.14. The predicted molar refractivity (Wildman–Crippen MR) is 102 cm³/mol. The van der Waals surface area contributed by atoms with Crippen LogP contribution < -0.4 is 5.32 Å². The number of nitrogens with one attached hydrogen (secondary N) is 1. The van der Waals surface area contributed by atoms with Crippen molar-refractivity contribution in [2.75, 3.05) is 39.4 Å². The fourth-order valence-corrected chi connectivity index (χ4v) is 3.33. The SMILES string of the molecule is CC(C)c1c(C(=O)NCCN2CCOCC2)cnn1-c1cccc(Cl)c1. The van der Waals surface area contributed by atoms with E-state index in [9.17, 15) is 4.79 Å². The summed E-state index contributed by atoms with van der Waals surface area (Å²) in [5.41, 5.74) is 2.35. The molecule has 2 heterocycles. The van der Waals surface area contributed by atoms with Gasteiger partial charge in [0, 0.05) is 31.2 Å². The van der Waals surface area contributed by atoms with Gasteiger partial charge in [0.1, 0.15) is 0 Å². The van der Waals surface area contributed by atoms with Crippen LogP contribution in [0.3, 0.4) is 0 Å². The topological polar surface area (TPSA) is 59.4 Å². The summed E-state index contributed by atoms with van der Waals surface area (Å²) >= 11 is 6.10. The lowest BCUT2D eigenvalue weighted by Gasteiger charge is -2.26. The quantitative estimate of drug-likeness (QED) is 0.842. The monoisotopic (exact) mass is 376 g/mol. The first kappa shape index (κ1) is 18.9. The van der Waals surface area contributed by atoms with Crippen molar-refractivity contribution in [1.29, 1.82) is 0 Å². The maximum absolute atomic E-state index is 12.7. The van der Waals surface area contributed by atoms with Crippen molar-refractivity contribution in [3.8, 4) is 5.69 Å². The van der Waals surface area contributed by atoms with Crippen LogP contribution in [-0.2, 0) is 4.74 Å². The molecule has 0 saturated carbocycles. The van der Waals surface area contributed by atoms with Crippen molar-refractivity contribution in [2.24, 2.45) is 0 Å². The maximum Gasteiger partial charge on any atom is 0.254 e. The first-order valence-corrected chi connectivity index (χ1v) is 9.36. The van der Waals surface area contributed by atoms with Gasteiger partial charge in [-0.3, -0.25) is 9.69 Å². The fourth-order valence-electron chi connectivity index (χ4n) is 3.15. The van der Waals surface area contributed by atoms with Crippen LogP contribution in [0.5, 0.6) is 0 Å². The molecule has 0 aliphatic carbocycles. The zero-order valence-electron chi connectivity index (χ0n) is 15.2. The Morgan fingerprint density at radius 2 is 2.12 bits per heavy atom. The summed E-state index contributed by atoms with van der Waals surface area (Å²) in [6, 6.07) is 7.49. The Kier molecular flexibility index (Phi) is 6.29. The molecule has 0 atom stereocenters. The molecular weight excluding hydrogens is 352 g/mol. The number of halogens is 1. The zero-order chi connectivity index (χ0) is 18.5. The van der Waals surface area contributed by atoms with Crippen LogP contribution in [0.4, 0.5) is 0 Å². The summed E-state index contributed by atoms with van der Waals surface area (Å²) in [5.74, 6) is 0.0618. The molecule has 1 aromatic carbocycles. The van der Waals surface area contributed by atoms with E-state index in [-0.39, 0.29) is 11.8 Å². The highest BCUT2D eigenvalue weighted by Crippen LogP contribution is 2.24. The second-order valence-corrected chi connectivity index (χ2v) is 7.14. The molecule has 0 unspecified atom stereocenters. The lowest BCUT2D eigenvalue weighted by atomic mass is 10.1. The number of hydrogen-bond acceptors (Lipinski definition) is 4. The highest BCUT2D eigenvalue weighted by atomic mass is 35.5. The van der Waals surface area contributed by atoms with Crippen LogP contribution in [0.15, 0.2) is 30.5 Å². The van der Waals surface area contributed by atoms with E-state index < -0.39 is 0 Å². The van der Waals surface area contributed by atoms with E-state index in [1.165, 1.54) is 0 Å². The Hall–Kier alpha value is -1.89. The van der Waals surface area contributed by atoms with E-state index in [0.717, 1.165) is 44.2 Å². The van der Waals surface area contributed by atoms with Crippen molar-refractivity contribution in [2.45, 2.75) is 19.8 Å². The molecule has 26 heavy (non-hydrogen) atoms. The molecule has 0 bridgehead atoms. The van der Waals surface area contributed by atoms with E-state index in [4.69, 9.17) is 16.3 Å². The first-order chi connectivity index (χ1) is 12.6. The number of benzene rings is 1. The summed E-state index contributed by atoms with van der Waals surface area (Å²) in [5, 5.41) is 8.10. The normalized spacial score (nSPS) is 15.4. The molecule has 140 valence electrons. The molecule has 1 fully saturated rings. The largest absolute Gasteiger partial charge is 0.379 e. The average molecular weight is 377 g/mol. The number of rotatable bonds is 6. The van der Waals surface area contributed by atoms with E-state index >= 15 is 0 Å². The van der Waals surface area contributed by atoms with Gasteiger partial charge in [0.2, 0.25) is 0 Å². The number of hydrogen-bond donors (Lipinski definition) is 1. The van der Waals surface area contributed by atoms with Gasteiger partial charge in [0.15, 0.2) is 0 Å². The Bertz CT molecular complexity index is 754. The van der Waals surface area contributed by atoms with Crippen molar-refractivity contribution in [3.05, 3.63) is 46.7 Å². The van der Waals surface area contributed by atoms with Crippen LogP contribution in [0, 0.1) is 0 Å². The lowest BCUT2D eigenvalue weighted by molar-refractivity contribution is 0.0383. The van der Waals surface area contributed by atoms with Crippen LogP contribution in [-0.4, -0.2) is 60.0 Å². The summed E-state index contributed by atoms with van der Waals surface area (Å²) in [7, 11) is 0. The van der Waals surface area contributed by atoms with E-state index in [0.29, 0.717) is 17.1 Å². The molecule has 1 amide bonds. The summed E-state index contributed by atoms with van der Waals surface area (Å²) in [6.07, 6.45) is 1.64. The third-order valence-electron chi connectivity index (χ3n) is 4.47. The number of carbonyl (C=O) groups is 1. The van der Waals surface area contributed by atoms with Crippen molar-refractivity contribution in [3.63, 3.8) is 0 Å². The van der Waals surface area contributed by atoms with Crippen molar-refractivity contribution >= 4 is 17.5 Å². The Morgan fingerprint density at radius 3 is 2.81 bits per heavy atom. The zero-order valence-corrected chi connectivity index (χ0v) is 16.0. The maximum atomic E-state index is 12.7. The molecule has 7 heteroatoms. The third kappa shape index (κ3) is 4.44. The number of ether oxygens (including phenoxy) is 1. The van der Waals surface area contributed by atoms with Gasteiger partial charge < -0.3 is 10.1 Å². The molecule has 1 aliphatic heterocycles. The molecule has 2 aromatic rings. The van der Waals surface area contributed by atoms with Crippen molar-refractivity contribution in [1.82, 2.24) is 20.0 Å². The Labute approximate surface area is 159 Å². The van der Waals surface area contributed by atoms with Gasteiger partial charge in [-0.2, -0.15) is 5.10 Å². The molecule has 1 N–H and O–H groups in total. The fraction of sp³-hybridized carbons (Fsp3) is 0.474. The second kappa shape index (κ2) is 8.66. The molecule has 1 aliphatic rings. The minimum absolute atomic E-state index is 0.0877. The highest BCUT2D eigenvalue weighted by Gasteiger charge is 2.21. The molecule has 3 rings (SSSR count). The van der Waals surface area contributed by atoms with Crippen molar-refractivity contribution < 1.29 is 9.53 Å². The Balaban J connectivity index is 1.71. The molecule has 1 saturated heterocycles. The second-order valence-electron chi connectivity index (χ2n) is 6.70. The van der Waals surface area contributed by atoms with E-state index in [1.807, 2.05) is 24.3 Å². The predicted octanol–water partition coefficient (Wildman–Crippen LogP) is 2.71. The molecule has 6 nitrogen and oxygen atoms in total. The van der Waals surface area contributed by atoms with Gasteiger partial charge in [-0.1, -0.05) is 31.5 Å². The minimum atomic E-state index is -0.0877. The van der Waals surface area contributed by atoms with Gasteiger partial charge in [-0.15, -0.1) is 0 Å². The summed E-state index contributed by atoms with van der Waals surface area (Å²) in [6.45, 7) is 8.91. The highest BCUT2D eigenvalue weighted by molar-refractivity contribution is 6.30. The van der Waals surface area contributed by atoms with E-state index in [2.05, 4.69) is 29.2 Å². The van der Waals surface area contributed by atoms with Gasteiger partial charge in [-0.25, -0.2) is 4.68 Å². The average Bonchev–Trinajstić information content (AvgIpc) is 3.08. The van der Waals surface area contributed by atoms with Gasteiger partial charge in [0.25, 0.3) is 5.91 Å². The minimum Gasteiger partial charge on any atom is -0.379 e. The van der Waals surface area contributed by atoms with Gasteiger partial charge in [0.05, 0.1) is 36.4 Å². The van der Waals surface area contributed by atoms with Crippen LogP contribution in [0.25, 0.3) is 5.69 Å². The van der Waals surface area contributed by atoms with Crippen LogP contribution in [0.1, 0.15) is 35.8 Å². The number of aromatic nitrogens is 2. The molecule has 0 radical (unpaired) electrons. The van der Waals surface area contributed by atoms with Crippen LogP contribution in [0.2, 0.25) is 5.02 Å². The van der Waals surface area contributed by atoms with E-state index in [1.54, 1.807) is 10.9 Å². The first-order valence-electron chi connectivity index (χ1n) is 8.98. The number of nitrogens with zero attached hydrogens (tertiary/aromatic N) is 3. The van der Waals surface area contributed by atoms with Gasteiger partial charge in [-0.05, 0) is 24.1 Å². The molecule has 1 aromatic heterocycles. The Morgan fingerprint density at radius 1 is 1.35 bits per heavy atom. The number of carbonyl (C=O) groups excluding carboxylic acids is 1. The van der Waals surface area contributed by atoms with Crippen LogP contribution >= 0.6 is 11.6 Å². The lowest BCUT2D eigenvalue weighted by Crippen LogP contribution is -2.41. The molecular formula is C19H25ClN4O2. The number of amides is 1.